The van der Waals surface area contributed by atoms with Crippen LogP contribution in [-0.2, 0) is 18.9 Å². The maximum atomic E-state index is 13.2. The zero-order chi connectivity index (χ0) is 29.6. The summed E-state index contributed by atoms with van der Waals surface area (Å²) in [5.74, 6) is 0.235. The number of anilines is 1. The molecule has 5 aromatic heterocycles. The fourth-order valence-electron chi connectivity index (χ4n) is 5.04. The summed E-state index contributed by atoms with van der Waals surface area (Å²) in [4.78, 5) is 34.5. The molecule has 0 aliphatic carbocycles. The lowest BCUT2D eigenvalue weighted by molar-refractivity contribution is 0.686. The lowest BCUT2D eigenvalue weighted by atomic mass is 9.86. The van der Waals surface area contributed by atoms with Gasteiger partial charge in [0.05, 0.1) is 34.3 Å². The third kappa shape index (κ3) is 4.61. The first-order chi connectivity index (χ1) is 20.2. The molecule has 0 amide bonds. The molecule has 0 saturated heterocycles. The van der Waals surface area contributed by atoms with Gasteiger partial charge in [0, 0.05) is 54.0 Å². The van der Waals surface area contributed by atoms with E-state index < -0.39 is 5.41 Å². The van der Waals surface area contributed by atoms with Gasteiger partial charge in [0.2, 0.25) is 5.95 Å². The van der Waals surface area contributed by atoms with Gasteiger partial charge in [0.1, 0.15) is 5.65 Å². The number of hydrogen-bond acceptors (Lipinski definition) is 7. The van der Waals surface area contributed by atoms with Crippen molar-refractivity contribution in [2.75, 3.05) is 5.73 Å². The Balaban J connectivity index is 1.42. The molecule has 0 aliphatic heterocycles. The molecule has 208 valence electrons. The average Bonchev–Trinajstić information content (AvgIpc) is 3.57. The number of H-pyrrole nitrogens is 1. The van der Waals surface area contributed by atoms with Gasteiger partial charge in [0.25, 0.3) is 0 Å². The number of nitrogens with zero attached hydrogens (tertiary/aromatic N) is 7. The number of nitrogens with one attached hydrogen (secondary N) is 1. The molecule has 1 aromatic carbocycles. The summed E-state index contributed by atoms with van der Waals surface area (Å²) >= 11 is 0. The first-order valence-electron chi connectivity index (χ1n) is 13.6. The van der Waals surface area contributed by atoms with Crippen molar-refractivity contribution in [2.24, 2.45) is 7.05 Å². The molecule has 6 aromatic rings. The Bertz CT molecular complexity index is 2060. The van der Waals surface area contributed by atoms with E-state index in [-0.39, 0.29) is 11.6 Å². The van der Waals surface area contributed by atoms with E-state index in [9.17, 15) is 10.1 Å². The van der Waals surface area contributed by atoms with Crippen molar-refractivity contribution >= 4 is 17.0 Å². The lowest BCUT2D eigenvalue weighted by Crippen LogP contribution is -2.21. The third-order valence-electron chi connectivity index (χ3n) is 7.50. The van der Waals surface area contributed by atoms with Gasteiger partial charge in [0.15, 0.2) is 0 Å². The number of aromatic amines is 1. The van der Waals surface area contributed by atoms with Gasteiger partial charge >= 0.3 is 5.69 Å². The number of hydrogen-bond donors (Lipinski definition) is 2. The van der Waals surface area contributed by atoms with Gasteiger partial charge in [-0.1, -0.05) is 19.1 Å². The average molecular weight is 556 g/mol. The minimum absolute atomic E-state index is 0.194. The Morgan fingerprint density at radius 2 is 1.81 bits per heavy atom. The van der Waals surface area contributed by atoms with E-state index in [1.54, 1.807) is 30.2 Å². The van der Waals surface area contributed by atoms with E-state index in [1.807, 2.05) is 69.4 Å². The number of aryl methyl sites for hydroxylation is 2. The fraction of sp³-hybridized carbons (Fsp3) is 0.188. The summed E-state index contributed by atoms with van der Waals surface area (Å²) in [7, 11) is 1.72. The molecule has 0 unspecified atom stereocenters. The molecular formula is C32H29N9O. The number of nitriles is 1. The predicted octanol–water partition coefficient (Wildman–Crippen LogP) is 5.18. The zero-order valence-corrected chi connectivity index (χ0v) is 23.8. The monoisotopic (exact) mass is 555 g/mol. The first kappa shape index (κ1) is 26.7. The summed E-state index contributed by atoms with van der Waals surface area (Å²) in [6.07, 6.45) is 7.94. The van der Waals surface area contributed by atoms with Gasteiger partial charge < -0.3 is 15.3 Å². The lowest BCUT2D eigenvalue weighted by Gasteiger charge is -2.16. The molecule has 42 heavy (non-hydrogen) atoms. The highest BCUT2D eigenvalue weighted by Crippen LogP contribution is 2.32. The van der Waals surface area contributed by atoms with Crippen molar-refractivity contribution in [1.82, 2.24) is 34.1 Å². The van der Waals surface area contributed by atoms with Crippen molar-refractivity contribution in [1.29, 1.82) is 5.26 Å². The number of rotatable bonds is 6. The second-order valence-electron chi connectivity index (χ2n) is 10.7. The van der Waals surface area contributed by atoms with Crippen molar-refractivity contribution in [3.63, 3.8) is 0 Å². The highest BCUT2D eigenvalue weighted by molar-refractivity contribution is 5.95. The zero-order valence-electron chi connectivity index (χ0n) is 23.8. The molecule has 0 saturated carbocycles. The Kier molecular flexibility index (Phi) is 6.42. The molecule has 10 heteroatoms. The van der Waals surface area contributed by atoms with Crippen molar-refractivity contribution in [2.45, 2.75) is 32.6 Å². The topological polar surface area (TPSA) is 144 Å². The molecule has 3 N–H and O–H groups in total. The minimum atomic E-state index is -0.633. The van der Waals surface area contributed by atoms with Crippen LogP contribution in [0.4, 0.5) is 5.95 Å². The summed E-state index contributed by atoms with van der Waals surface area (Å²) < 4.78 is 3.17. The Hall–Kier alpha value is -5.56. The Morgan fingerprint density at radius 1 is 1.02 bits per heavy atom. The van der Waals surface area contributed by atoms with Crippen molar-refractivity contribution < 1.29 is 0 Å². The highest BCUT2D eigenvalue weighted by Gasteiger charge is 2.21. The number of imidazole rings is 1. The van der Waals surface area contributed by atoms with Crippen LogP contribution < -0.4 is 11.4 Å². The van der Waals surface area contributed by atoms with Gasteiger partial charge in [-0.25, -0.2) is 19.7 Å². The van der Waals surface area contributed by atoms with Crippen molar-refractivity contribution in [3.05, 3.63) is 95.1 Å². The van der Waals surface area contributed by atoms with Crippen LogP contribution in [0.5, 0.6) is 0 Å². The highest BCUT2D eigenvalue weighted by atomic mass is 16.1. The molecule has 0 atom stereocenters. The predicted molar refractivity (Wildman–Crippen MR) is 163 cm³/mol. The molecule has 0 radical (unpaired) electrons. The SMILES string of the molecule is CCc1cc(-c2c[nH]c3ncc(-c4ccnc(-c5cn(C)c(=O)n5-c5ccc(C(C)(C)C#N)cc5)c4)cc23)nc(N)n1. The van der Waals surface area contributed by atoms with Gasteiger partial charge in [-0.3, -0.25) is 9.55 Å². The number of benzene rings is 1. The number of aromatic nitrogens is 7. The van der Waals surface area contributed by atoms with E-state index >= 15 is 0 Å². The molecule has 5 heterocycles. The summed E-state index contributed by atoms with van der Waals surface area (Å²) in [6, 6.07) is 17.7. The summed E-state index contributed by atoms with van der Waals surface area (Å²) in [6.45, 7) is 5.76. The van der Waals surface area contributed by atoms with Crippen LogP contribution in [-0.4, -0.2) is 34.1 Å². The van der Waals surface area contributed by atoms with Crippen LogP contribution in [0.25, 0.3) is 50.5 Å². The number of nitrogens with two attached hydrogens (primary N) is 1. The van der Waals surface area contributed by atoms with Crippen LogP contribution in [0.2, 0.25) is 0 Å². The second kappa shape index (κ2) is 10.1. The van der Waals surface area contributed by atoms with Gasteiger partial charge in [-0.05, 0) is 67.8 Å². The third-order valence-corrected chi connectivity index (χ3v) is 7.50. The van der Waals surface area contributed by atoms with Gasteiger partial charge in [-0.2, -0.15) is 5.26 Å². The Labute approximate surface area is 242 Å². The molecule has 0 spiro atoms. The largest absolute Gasteiger partial charge is 0.368 e. The van der Waals surface area contributed by atoms with Crippen LogP contribution in [0.15, 0.2) is 78.1 Å². The van der Waals surface area contributed by atoms with E-state index in [0.29, 0.717) is 17.1 Å². The van der Waals surface area contributed by atoms with Crippen LogP contribution in [0.3, 0.4) is 0 Å². The molecule has 6 rings (SSSR count). The normalized spacial score (nSPS) is 11.6. The molecule has 10 nitrogen and oxygen atoms in total. The maximum Gasteiger partial charge on any atom is 0.333 e. The number of nitrogen functional groups attached to an aromatic ring is 1. The minimum Gasteiger partial charge on any atom is -0.368 e. The van der Waals surface area contributed by atoms with Crippen LogP contribution in [0.1, 0.15) is 32.0 Å². The van der Waals surface area contributed by atoms with E-state index in [2.05, 4.69) is 37.1 Å². The van der Waals surface area contributed by atoms with E-state index in [1.165, 1.54) is 4.57 Å². The Morgan fingerprint density at radius 3 is 2.55 bits per heavy atom. The molecule has 0 bridgehead atoms. The molecule has 0 aliphatic rings. The maximum absolute atomic E-state index is 13.2. The fourth-order valence-corrected chi connectivity index (χ4v) is 5.04. The van der Waals surface area contributed by atoms with Crippen molar-refractivity contribution in [3.8, 4) is 45.5 Å². The number of fused-ring (bicyclic) bond motifs is 1. The van der Waals surface area contributed by atoms with E-state index in [0.717, 1.165) is 51.1 Å². The molecule has 0 fully saturated rings. The van der Waals surface area contributed by atoms with Gasteiger partial charge in [-0.15, -0.1) is 0 Å². The summed E-state index contributed by atoms with van der Waals surface area (Å²) in [5.41, 5.74) is 13.0. The molecular weight excluding hydrogens is 526 g/mol. The smallest absolute Gasteiger partial charge is 0.333 e. The quantitative estimate of drug-likeness (QED) is 0.288. The standard InChI is InChI=1S/C32H29N9O/c1-5-22-14-26(39-30(34)38-22)25-16-37-29-24(25)12-20(15-36-29)19-10-11-35-27(13-19)28-17-40(4)31(42)41(28)23-8-6-21(7-9-23)32(2,3)18-33/h6-17H,5H2,1-4H3,(H,36,37)(H2,34,38,39). The number of pyridine rings is 2. The summed E-state index contributed by atoms with van der Waals surface area (Å²) in [5, 5.41) is 10.4. The van der Waals surface area contributed by atoms with Crippen LogP contribution in [0, 0.1) is 11.3 Å². The second-order valence-corrected chi connectivity index (χ2v) is 10.7. The first-order valence-corrected chi connectivity index (χ1v) is 13.6. The van der Waals surface area contributed by atoms with Crippen LogP contribution >= 0.6 is 0 Å². The van der Waals surface area contributed by atoms with E-state index in [4.69, 9.17) is 5.73 Å².